The van der Waals surface area contributed by atoms with E-state index in [0.29, 0.717) is 11.4 Å². The Labute approximate surface area is 235 Å². The van der Waals surface area contributed by atoms with Crippen molar-refractivity contribution in [1.82, 2.24) is 20.2 Å². The first-order chi connectivity index (χ1) is 19.4. The molecule has 0 aliphatic carbocycles. The van der Waals surface area contributed by atoms with E-state index in [4.69, 9.17) is 10.6 Å². The summed E-state index contributed by atoms with van der Waals surface area (Å²) in [6, 6.07) is 10.6. The number of carbonyl (C=O) groups is 1. The monoisotopic (exact) mass is 567 g/mol. The molecule has 41 heavy (non-hydrogen) atoms. The first-order valence-corrected chi connectivity index (χ1v) is 12.6. The normalized spacial score (nSPS) is 12.1. The molecule has 0 saturated heterocycles. The molecule has 5 N–H and O–H groups in total. The molecule has 0 aliphatic heterocycles. The number of aromatic amines is 1. The summed E-state index contributed by atoms with van der Waals surface area (Å²) in [5.74, 6) is 5.95. The fourth-order valence-electron chi connectivity index (χ4n) is 4.45. The number of nitrogens with one attached hydrogen (secondary N) is 3. The molecule has 0 spiro atoms. The number of ether oxygens (including phenoxy) is 1. The summed E-state index contributed by atoms with van der Waals surface area (Å²) in [6.45, 7) is 2.01. The van der Waals surface area contributed by atoms with Gasteiger partial charge in [-0.2, -0.15) is 13.2 Å². The van der Waals surface area contributed by atoms with Gasteiger partial charge in [-0.15, -0.1) is 0 Å². The van der Waals surface area contributed by atoms with Gasteiger partial charge in [-0.3, -0.25) is 9.80 Å². The molecule has 216 valence electrons. The summed E-state index contributed by atoms with van der Waals surface area (Å²) in [4.78, 5) is 22.5. The number of alkyl halides is 3. The molecule has 9 nitrogen and oxygen atoms in total. The molecule has 0 aliphatic rings. The van der Waals surface area contributed by atoms with E-state index in [0.717, 1.165) is 34.3 Å². The third-order valence-corrected chi connectivity index (χ3v) is 6.43. The van der Waals surface area contributed by atoms with Gasteiger partial charge in [0, 0.05) is 54.3 Å². The number of aromatic nitrogens is 2. The number of aryl methyl sites for hydroxylation is 1. The quantitative estimate of drug-likeness (QED) is 0.164. The number of amides is 1. The van der Waals surface area contributed by atoms with Gasteiger partial charge in [-0.1, -0.05) is 6.07 Å². The molecular formula is C29H32F3N7O2. The molecule has 1 amide bonds. The standard InChI is InChI=1S/C29H32F3N7O2/c1-17-6-7-19(12-25(17)39(33)16-24(34-2)20-10-18-8-9-35-27(18)36-14-20)28(40)37-23-13-22(29(30,31)32)11-21(15-38(3)4)26(23)41-5/h6-14,16,34H,15,33H2,1-5H3,(H,35,36)(H,37,40)/b24-16-. The first-order valence-electron chi connectivity index (χ1n) is 12.6. The lowest BCUT2D eigenvalue weighted by atomic mass is 10.1. The number of nitrogens with zero attached hydrogens (tertiary/aromatic N) is 3. The summed E-state index contributed by atoms with van der Waals surface area (Å²) >= 11 is 0. The highest BCUT2D eigenvalue weighted by Gasteiger charge is 2.33. The number of hydrogen-bond acceptors (Lipinski definition) is 7. The molecule has 2 aromatic carbocycles. The zero-order valence-corrected chi connectivity index (χ0v) is 23.3. The Morgan fingerprint density at radius 1 is 1.15 bits per heavy atom. The lowest BCUT2D eigenvalue weighted by molar-refractivity contribution is -0.137. The largest absolute Gasteiger partial charge is 0.494 e. The number of carbonyl (C=O) groups excluding carboxylic acids is 1. The van der Waals surface area contributed by atoms with Crippen LogP contribution in [0, 0.1) is 6.92 Å². The minimum absolute atomic E-state index is 0.0825. The van der Waals surface area contributed by atoms with E-state index in [1.807, 2.05) is 19.1 Å². The summed E-state index contributed by atoms with van der Waals surface area (Å²) in [5.41, 5.74) is 3.05. The zero-order valence-electron chi connectivity index (χ0n) is 23.3. The van der Waals surface area contributed by atoms with Crippen molar-refractivity contribution in [3.63, 3.8) is 0 Å². The van der Waals surface area contributed by atoms with Gasteiger partial charge >= 0.3 is 6.18 Å². The Morgan fingerprint density at radius 2 is 1.90 bits per heavy atom. The van der Waals surface area contributed by atoms with Crippen LogP contribution < -0.4 is 26.2 Å². The van der Waals surface area contributed by atoms with E-state index < -0.39 is 17.6 Å². The van der Waals surface area contributed by atoms with Gasteiger partial charge in [0.25, 0.3) is 5.91 Å². The molecule has 12 heteroatoms. The third-order valence-electron chi connectivity index (χ3n) is 6.43. The Bertz CT molecular complexity index is 1600. The van der Waals surface area contributed by atoms with Gasteiger partial charge in [0.2, 0.25) is 0 Å². The second-order valence-electron chi connectivity index (χ2n) is 9.75. The number of anilines is 2. The van der Waals surface area contributed by atoms with E-state index in [-0.39, 0.29) is 29.1 Å². The molecule has 0 atom stereocenters. The predicted molar refractivity (Wildman–Crippen MR) is 154 cm³/mol. The van der Waals surface area contributed by atoms with Crippen LogP contribution in [0.15, 0.2) is 61.1 Å². The number of halogens is 3. The van der Waals surface area contributed by atoms with E-state index in [2.05, 4.69) is 20.6 Å². The summed E-state index contributed by atoms with van der Waals surface area (Å²) in [5, 5.41) is 8.02. The molecule has 0 saturated carbocycles. The Hall–Kier alpha value is -4.55. The maximum atomic E-state index is 13.7. The lowest BCUT2D eigenvalue weighted by Crippen LogP contribution is -2.27. The highest BCUT2D eigenvalue weighted by Crippen LogP contribution is 2.38. The van der Waals surface area contributed by atoms with Crippen LogP contribution in [0.3, 0.4) is 0 Å². The highest BCUT2D eigenvalue weighted by atomic mass is 19.4. The first kappa shape index (κ1) is 29.4. The van der Waals surface area contributed by atoms with Crippen LogP contribution in [0.4, 0.5) is 24.5 Å². The maximum Gasteiger partial charge on any atom is 0.416 e. The van der Waals surface area contributed by atoms with Gasteiger partial charge < -0.3 is 25.3 Å². The van der Waals surface area contributed by atoms with E-state index >= 15 is 0 Å². The molecule has 0 radical (unpaired) electrons. The van der Waals surface area contributed by atoms with Gasteiger partial charge in [0.15, 0.2) is 0 Å². The smallest absolute Gasteiger partial charge is 0.416 e. The topological polar surface area (TPSA) is 112 Å². The van der Waals surface area contributed by atoms with Gasteiger partial charge in [-0.05, 0) is 63.0 Å². The number of hydrazine groups is 1. The Balaban J connectivity index is 1.66. The van der Waals surface area contributed by atoms with Crippen molar-refractivity contribution in [2.75, 3.05) is 38.6 Å². The van der Waals surface area contributed by atoms with Crippen LogP contribution in [0.2, 0.25) is 0 Å². The van der Waals surface area contributed by atoms with Crippen LogP contribution in [0.25, 0.3) is 16.7 Å². The lowest BCUT2D eigenvalue weighted by Gasteiger charge is -2.21. The van der Waals surface area contributed by atoms with Crippen molar-refractivity contribution >= 4 is 34.0 Å². The number of pyridine rings is 1. The summed E-state index contributed by atoms with van der Waals surface area (Å²) in [7, 11) is 6.56. The number of H-pyrrole nitrogens is 1. The van der Waals surface area contributed by atoms with E-state index in [1.165, 1.54) is 12.1 Å². The summed E-state index contributed by atoms with van der Waals surface area (Å²) < 4.78 is 46.5. The average Bonchev–Trinajstić information content (AvgIpc) is 3.39. The third kappa shape index (κ3) is 6.61. The minimum atomic E-state index is -4.61. The number of nitrogens with two attached hydrogens (primary N) is 1. The molecule has 0 bridgehead atoms. The van der Waals surface area contributed by atoms with E-state index in [9.17, 15) is 18.0 Å². The number of benzene rings is 2. The Morgan fingerprint density at radius 3 is 2.56 bits per heavy atom. The van der Waals surface area contributed by atoms with Crippen LogP contribution in [0.5, 0.6) is 5.75 Å². The fraction of sp³-hybridized carbons (Fsp3) is 0.241. The Kier molecular flexibility index (Phi) is 8.55. The van der Waals surface area contributed by atoms with Gasteiger partial charge in [0.05, 0.1) is 29.7 Å². The van der Waals surface area contributed by atoms with Crippen molar-refractivity contribution < 1.29 is 22.7 Å². The number of hydrogen-bond donors (Lipinski definition) is 4. The summed E-state index contributed by atoms with van der Waals surface area (Å²) in [6.07, 6.45) is 0.571. The van der Waals surface area contributed by atoms with Crippen LogP contribution >= 0.6 is 0 Å². The SMILES string of the molecule is CN/C(=C\N(N)c1cc(C(=O)Nc2cc(C(F)(F)F)cc(CN(C)C)c2OC)ccc1C)c1cnc2[nH]ccc2c1. The van der Waals surface area contributed by atoms with Gasteiger partial charge in [-0.25, -0.2) is 10.8 Å². The number of fused-ring (bicyclic) bond motifs is 1. The highest BCUT2D eigenvalue weighted by molar-refractivity contribution is 6.06. The molecule has 2 aromatic heterocycles. The molecular weight excluding hydrogens is 535 g/mol. The van der Waals surface area contributed by atoms with Crippen LogP contribution in [0.1, 0.15) is 32.6 Å². The second-order valence-corrected chi connectivity index (χ2v) is 9.75. The van der Waals surface area contributed by atoms with Crippen LogP contribution in [-0.2, 0) is 12.7 Å². The van der Waals surface area contributed by atoms with Crippen molar-refractivity contribution in [3.05, 3.63) is 88.9 Å². The predicted octanol–water partition coefficient (Wildman–Crippen LogP) is 5.11. The average molecular weight is 568 g/mol. The van der Waals surface area contributed by atoms with Crippen LogP contribution in [-0.4, -0.2) is 49.0 Å². The number of rotatable bonds is 9. The minimum Gasteiger partial charge on any atom is -0.494 e. The fourth-order valence-corrected chi connectivity index (χ4v) is 4.45. The van der Waals surface area contributed by atoms with Crippen molar-refractivity contribution in [1.29, 1.82) is 0 Å². The van der Waals surface area contributed by atoms with Gasteiger partial charge in [0.1, 0.15) is 11.4 Å². The maximum absolute atomic E-state index is 13.7. The van der Waals surface area contributed by atoms with Crippen molar-refractivity contribution in [2.24, 2.45) is 5.84 Å². The second kappa shape index (κ2) is 11.9. The zero-order chi connectivity index (χ0) is 29.9. The molecule has 4 aromatic rings. The number of methoxy groups -OCH3 is 1. The molecule has 0 unspecified atom stereocenters. The van der Waals surface area contributed by atoms with E-state index in [1.54, 1.807) is 62.8 Å². The van der Waals surface area contributed by atoms with Crippen molar-refractivity contribution in [2.45, 2.75) is 19.6 Å². The molecule has 2 heterocycles. The molecule has 0 fully saturated rings. The molecule has 4 rings (SSSR count). The van der Waals surface area contributed by atoms with Crippen molar-refractivity contribution in [3.8, 4) is 5.75 Å².